The third kappa shape index (κ3) is 2.90. The summed E-state index contributed by atoms with van der Waals surface area (Å²) in [5, 5.41) is 3.64. The summed E-state index contributed by atoms with van der Waals surface area (Å²) in [6.45, 7) is 12.0. The minimum Gasteiger partial charge on any atom is -0.306 e. The Morgan fingerprint density at radius 1 is 1.11 bits per heavy atom. The first-order valence-corrected chi connectivity index (χ1v) is 7.72. The lowest BCUT2D eigenvalue weighted by atomic mass is 9.93. The Morgan fingerprint density at radius 2 is 1.84 bits per heavy atom. The summed E-state index contributed by atoms with van der Waals surface area (Å²) in [7, 11) is 0. The summed E-state index contributed by atoms with van der Waals surface area (Å²) >= 11 is 1.89. The molecule has 1 unspecified atom stereocenters. The summed E-state index contributed by atoms with van der Waals surface area (Å²) in [6, 6.07) is 9.25. The highest BCUT2D eigenvalue weighted by molar-refractivity contribution is 7.12. The molecule has 0 saturated heterocycles. The second-order valence-electron chi connectivity index (χ2n) is 5.15. The second kappa shape index (κ2) is 5.89. The maximum Gasteiger partial charge on any atom is 0.0590 e. The Morgan fingerprint density at radius 3 is 2.42 bits per heavy atom. The van der Waals surface area contributed by atoms with E-state index in [0.29, 0.717) is 6.04 Å². The number of rotatable bonds is 4. The molecule has 2 aromatic rings. The molecule has 1 aromatic carbocycles. The summed E-state index contributed by atoms with van der Waals surface area (Å²) in [6.07, 6.45) is 0. The van der Waals surface area contributed by atoms with Gasteiger partial charge >= 0.3 is 0 Å². The van der Waals surface area contributed by atoms with E-state index in [9.17, 15) is 0 Å². The molecule has 0 spiro atoms. The first kappa shape index (κ1) is 14.3. The quantitative estimate of drug-likeness (QED) is 0.853. The minimum atomic E-state index is 0.315. The van der Waals surface area contributed by atoms with Crippen LogP contribution in [-0.2, 0) is 0 Å². The normalized spacial score (nSPS) is 12.7. The van der Waals surface area contributed by atoms with Crippen LogP contribution in [0.3, 0.4) is 0 Å². The van der Waals surface area contributed by atoms with Crippen LogP contribution in [0.2, 0.25) is 0 Å². The van der Waals surface area contributed by atoms with E-state index in [4.69, 9.17) is 0 Å². The molecular weight excluding hydrogens is 250 g/mol. The molecule has 0 aliphatic heterocycles. The predicted octanol–water partition coefficient (Wildman–Crippen LogP) is 4.68. The lowest BCUT2D eigenvalue weighted by Crippen LogP contribution is -2.23. The Labute approximate surface area is 120 Å². The molecule has 102 valence electrons. The molecule has 1 nitrogen and oxygen atoms in total. The van der Waals surface area contributed by atoms with Gasteiger partial charge in [0.15, 0.2) is 0 Å². The van der Waals surface area contributed by atoms with Crippen LogP contribution in [0.1, 0.15) is 45.0 Å². The van der Waals surface area contributed by atoms with Crippen LogP contribution in [-0.4, -0.2) is 6.54 Å². The summed E-state index contributed by atoms with van der Waals surface area (Å²) < 4.78 is 0. The molecule has 2 heteroatoms. The highest BCUT2D eigenvalue weighted by Gasteiger charge is 2.19. The predicted molar refractivity (Wildman–Crippen MR) is 85.2 cm³/mol. The SMILES string of the molecule is CCNC(c1cc(C)sc1C)c1cccc(C)c1C. The van der Waals surface area contributed by atoms with Crippen molar-refractivity contribution >= 4 is 11.3 Å². The van der Waals surface area contributed by atoms with Gasteiger partial charge in [0.2, 0.25) is 0 Å². The van der Waals surface area contributed by atoms with E-state index >= 15 is 0 Å². The van der Waals surface area contributed by atoms with Gasteiger partial charge in [0.05, 0.1) is 6.04 Å². The topological polar surface area (TPSA) is 12.0 Å². The average molecular weight is 273 g/mol. The number of hydrogen-bond acceptors (Lipinski definition) is 2. The van der Waals surface area contributed by atoms with Crippen LogP contribution < -0.4 is 5.32 Å². The fraction of sp³-hybridized carbons (Fsp3) is 0.412. The number of benzene rings is 1. The standard InChI is InChI=1S/C17H23NS/c1-6-18-17(16-10-12(3)19-14(16)5)15-9-7-8-11(2)13(15)4/h7-10,17-18H,6H2,1-5H3. The van der Waals surface area contributed by atoms with Crippen molar-refractivity contribution in [2.45, 2.75) is 40.7 Å². The van der Waals surface area contributed by atoms with E-state index in [1.54, 1.807) is 0 Å². The van der Waals surface area contributed by atoms with Crippen LogP contribution in [0.25, 0.3) is 0 Å². The highest BCUT2D eigenvalue weighted by atomic mass is 32.1. The number of thiophene rings is 1. The largest absolute Gasteiger partial charge is 0.306 e. The maximum absolute atomic E-state index is 3.64. The Bertz CT molecular complexity index is 569. The van der Waals surface area contributed by atoms with Crippen molar-refractivity contribution in [3.05, 3.63) is 56.3 Å². The number of hydrogen-bond donors (Lipinski definition) is 1. The van der Waals surface area contributed by atoms with Crippen molar-refractivity contribution in [1.82, 2.24) is 5.32 Å². The van der Waals surface area contributed by atoms with Crippen LogP contribution >= 0.6 is 11.3 Å². The molecule has 1 atom stereocenters. The minimum absolute atomic E-state index is 0.315. The van der Waals surface area contributed by atoms with Gasteiger partial charge in [-0.05, 0) is 62.6 Å². The van der Waals surface area contributed by atoms with Gasteiger partial charge in [-0.25, -0.2) is 0 Å². The van der Waals surface area contributed by atoms with E-state index < -0.39 is 0 Å². The van der Waals surface area contributed by atoms with Gasteiger partial charge in [-0.1, -0.05) is 25.1 Å². The van der Waals surface area contributed by atoms with Gasteiger partial charge in [0.1, 0.15) is 0 Å². The first-order chi connectivity index (χ1) is 9.04. The van der Waals surface area contributed by atoms with Gasteiger partial charge in [-0.3, -0.25) is 0 Å². The molecule has 0 fully saturated rings. The zero-order valence-corrected chi connectivity index (χ0v) is 13.3. The third-order valence-electron chi connectivity index (χ3n) is 3.76. The van der Waals surface area contributed by atoms with Gasteiger partial charge in [-0.2, -0.15) is 0 Å². The van der Waals surface area contributed by atoms with Crippen molar-refractivity contribution in [3.63, 3.8) is 0 Å². The van der Waals surface area contributed by atoms with Crippen molar-refractivity contribution in [2.75, 3.05) is 6.54 Å². The van der Waals surface area contributed by atoms with Gasteiger partial charge < -0.3 is 5.32 Å². The average Bonchev–Trinajstić information content (AvgIpc) is 2.69. The molecule has 19 heavy (non-hydrogen) atoms. The van der Waals surface area contributed by atoms with E-state index in [1.165, 1.54) is 32.0 Å². The number of aryl methyl sites for hydroxylation is 3. The lowest BCUT2D eigenvalue weighted by molar-refractivity contribution is 0.626. The molecule has 1 N–H and O–H groups in total. The molecule has 2 rings (SSSR count). The van der Waals surface area contributed by atoms with Crippen LogP contribution in [0.5, 0.6) is 0 Å². The van der Waals surface area contributed by atoms with Crippen molar-refractivity contribution in [1.29, 1.82) is 0 Å². The summed E-state index contributed by atoms with van der Waals surface area (Å²) in [5.74, 6) is 0. The van der Waals surface area contributed by atoms with Crippen molar-refractivity contribution < 1.29 is 0 Å². The van der Waals surface area contributed by atoms with Gasteiger partial charge in [0, 0.05) is 9.75 Å². The van der Waals surface area contributed by atoms with Crippen LogP contribution in [0.15, 0.2) is 24.3 Å². The van der Waals surface area contributed by atoms with Crippen molar-refractivity contribution in [2.24, 2.45) is 0 Å². The van der Waals surface area contributed by atoms with Crippen LogP contribution in [0, 0.1) is 27.7 Å². The van der Waals surface area contributed by atoms with E-state index in [-0.39, 0.29) is 0 Å². The molecular formula is C17H23NS. The third-order valence-corrected chi connectivity index (χ3v) is 4.74. The molecule has 0 bridgehead atoms. The zero-order valence-electron chi connectivity index (χ0n) is 12.5. The molecule has 1 heterocycles. The molecule has 1 aromatic heterocycles. The maximum atomic E-state index is 3.64. The fourth-order valence-corrected chi connectivity index (χ4v) is 3.58. The fourth-order valence-electron chi connectivity index (χ4n) is 2.62. The summed E-state index contributed by atoms with van der Waals surface area (Å²) in [4.78, 5) is 2.81. The Hall–Kier alpha value is -1.12. The first-order valence-electron chi connectivity index (χ1n) is 6.91. The van der Waals surface area contributed by atoms with Crippen LogP contribution in [0.4, 0.5) is 0 Å². The molecule has 0 radical (unpaired) electrons. The number of nitrogens with one attached hydrogen (secondary N) is 1. The summed E-state index contributed by atoms with van der Waals surface area (Å²) in [5.41, 5.74) is 5.60. The van der Waals surface area contributed by atoms with Crippen molar-refractivity contribution in [3.8, 4) is 0 Å². The monoisotopic (exact) mass is 273 g/mol. The second-order valence-corrected chi connectivity index (χ2v) is 6.61. The van der Waals surface area contributed by atoms with E-state index in [0.717, 1.165) is 6.54 Å². The van der Waals surface area contributed by atoms with E-state index in [2.05, 4.69) is 64.2 Å². The van der Waals surface area contributed by atoms with E-state index in [1.807, 2.05) is 11.3 Å². The molecule has 0 aliphatic carbocycles. The smallest absolute Gasteiger partial charge is 0.0590 e. The molecule has 0 saturated carbocycles. The highest BCUT2D eigenvalue weighted by Crippen LogP contribution is 2.32. The van der Waals surface area contributed by atoms with Gasteiger partial charge in [-0.15, -0.1) is 11.3 Å². The Kier molecular flexibility index (Phi) is 4.43. The Balaban J connectivity index is 2.51. The lowest BCUT2D eigenvalue weighted by Gasteiger charge is -2.21. The molecule has 0 amide bonds. The zero-order chi connectivity index (χ0) is 14.0. The molecule has 0 aliphatic rings. The van der Waals surface area contributed by atoms with Gasteiger partial charge in [0.25, 0.3) is 0 Å².